The zero-order chi connectivity index (χ0) is 16.9. The van der Waals surface area contributed by atoms with Gasteiger partial charge >= 0.3 is 0 Å². The maximum Gasteiger partial charge on any atom is 0.122 e. The molecule has 122 valence electrons. The molecule has 0 bridgehead atoms. The average molecular weight is 300 g/mol. The van der Waals surface area contributed by atoms with Crippen LogP contribution in [0, 0.1) is 6.92 Å². The first-order chi connectivity index (χ1) is 10.3. The first kappa shape index (κ1) is 18.5. The summed E-state index contributed by atoms with van der Waals surface area (Å²) in [5.74, 6) is 1.48. The molecule has 1 aromatic carbocycles. The summed E-state index contributed by atoms with van der Waals surface area (Å²) in [6.45, 7) is 15.5. The van der Waals surface area contributed by atoms with Gasteiger partial charge < -0.3 is 4.74 Å². The fraction of sp³-hybridized carbons (Fsp3) is 0.524. The van der Waals surface area contributed by atoms with Crippen molar-refractivity contribution in [2.24, 2.45) is 0 Å². The third-order valence-electron chi connectivity index (χ3n) is 4.55. The summed E-state index contributed by atoms with van der Waals surface area (Å²) in [7, 11) is 1.76. The minimum absolute atomic E-state index is 0.485. The molecule has 0 radical (unpaired) electrons. The van der Waals surface area contributed by atoms with Gasteiger partial charge in [0.2, 0.25) is 0 Å². The van der Waals surface area contributed by atoms with Crippen LogP contribution in [0.5, 0.6) is 5.75 Å². The molecule has 1 nitrogen and oxygen atoms in total. The Labute approximate surface area is 137 Å². The van der Waals surface area contributed by atoms with Crippen molar-refractivity contribution < 1.29 is 4.74 Å². The van der Waals surface area contributed by atoms with Crippen LogP contribution in [0.1, 0.15) is 77.0 Å². The number of rotatable bonds is 6. The Balaban J connectivity index is 3.42. The number of ether oxygens (including phenoxy) is 1. The zero-order valence-electron chi connectivity index (χ0n) is 15.6. The molecule has 0 aromatic heterocycles. The molecule has 0 spiro atoms. The molecule has 0 saturated heterocycles. The van der Waals surface area contributed by atoms with Crippen molar-refractivity contribution in [1.82, 2.24) is 0 Å². The van der Waals surface area contributed by atoms with Gasteiger partial charge in [-0.3, -0.25) is 0 Å². The molecule has 0 aliphatic carbocycles. The second-order valence-corrected chi connectivity index (χ2v) is 6.59. The van der Waals surface area contributed by atoms with E-state index in [0.717, 1.165) is 18.6 Å². The largest absolute Gasteiger partial charge is 0.496 e. The van der Waals surface area contributed by atoms with E-state index in [9.17, 15) is 0 Å². The molecule has 1 atom stereocenters. The van der Waals surface area contributed by atoms with Crippen LogP contribution in [0.4, 0.5) is 0 Å². The number of allylic oxidation sites excluding steroid dienone is 4. The first-order valence-electron chi connectivity index (χ1n) is 8.30. The SMILES string of the molecule is CC/C(C)=C(/C)c1cc(C)c(OC)cc1C(C)CC=C(C)C. The van der Waals surface area contributed by atoms with Gasteiger partial charge in [0.25, 0.3) is 0 Å². The minimum atomic E-state index is 0.485. The maximum absolute atomic E-state index is 5.55. The topological polar surface area (TPSA) is 9.23 Å². The predicted octanol–water partition coefficient (Wildman–Crippen LogP) is 6.67. The van der Waals surface area contributed by atoms with Gasteiger partial charge in [0.05, 0.1) is 7.11 Å². The summed E-state index contributed by atoms with van der Waals surface area (Å²) < 4.78 is 5.55. The molecule has 1 heteroatoms. The van der Waals surface area contributed by atoms with Crippen LogP contribution in [0.2, 0.25) is 0 Å². The van der Waals surface area contributed by atoms with Gasteiger partial charge in [0.1, 0.15) is 5.75 Å². The van der Waals surface area contributed by atoms with Crippen molar-refractivity contribution in [3.8, 4) is 5.75 Å². The van der Waals surface area contributed by atoms with Crippen molar-refractivity contribution >= 4 is 5.57 Å². The lowest BCUT2D eigenvalue weighted by atomic mass is 9.86. The molecular weight excluding hydrogens is 268 g/mol. The van der Waals surface area contributed by atoms with Crippen molar-refractivity contribution in [3.63, 3.8) is 0 Å². The highest BCUT2D eigenvalue weighted by molar-refractivity contribution is 5.71. The van der Waals surface area contributed by atoms with Crippen LogP contribution < -0.4 is 4.74 Å². The molecule has 1 unspecified atom stereocenters. The van der Waals surface area contributed by atoms with Crippen molar-refractivity contribution in [1.29, 1.82) is 0 Å². The summed E-state index contributed by atoms with van der Waals surface area (Å²) in [6.07, 6.45) is 4.49. The maximum atomic E-state index is 5.55. The van der Waals surface area contributed by atoms with Crippen LogP contribution >= 0.6 is 0 Å². The molecule has 0 aliphatic rings. The second-order valence-electron chi connectivity index (χ2n) is 6.59. The second kappa shape index (κ2) is 8.22. The lowest BCUT2D eigenvalue weighted by Crippen LogP contribution is -2.02. The average Bonchev–Trinajstić information content (AvgIpc) is 2.50. The Kier molecular flexibility index (Phi) is 6.93. The van der Waals surface area contributed by atoms with Crippen LogP contribution in [0.3, 0.4) is 0 Å². The highest BCUT2D eigenvalue weighted by atomic mass is 16.5. The number of aryl methyl sites for hydroxylation is 1. The molecule has 1 aromatic rings. The normalized spacial score (nSPS) is 13.5. The molecular formula is C21H32O. The number of hydrogen-bond donors (Lipinski definition) is 0. The lowest BCUT2D eigenvalue weighted by molar-refractivity contribution is 0.410. The van der Waals surface area contributed by atoms with E-state index in [1.807, 2.05) is 0 Å². The van der Waals surface area contributed by atoms with E-state index in [1.54, 1.807) is 7.11 Å². The molecule has 22 heavy (non-hydrogen) atoms. The quantitative estimate of drug-likeness (QED) is 0.533. The summed E-state index contributed by atoms with van der Waals surface area (Å²) in [6, 6.07) is 4.53. The van der Waals surface area contributed by atoms with Gasteiger partial charge in [0, 0.05) is 0 Å². The Hall–Kier alpha value is -1.50. The van der Waals surface area contributed by atoms with E-state index in [1.165, 1.54) is 33.4 Å². The first-order valence-corrected chi connectivity index (χ1v) is 8.30. The van der Waals surface area contributed by atoms with Gasteiger partial charge in [-0.05, 0) is 87.8 Å². The third-order valence-corrected chi connectivity index (χ3v) is 4.55. The Morgan fingerprint density at radius 3 is 2.32 bits per heavy atom. The molecule has 1 rings (SSSR count). The molecule has 0 N–H and O–H groups in total. The lowest BCUT2D eigenvalue weighted by Gasteiger charge is -2.20. The number of benzene rings is 1. The van der Waals surface area contributed by atoms with Crippen LogP contribution in [0.25, 0.3) is 5.57 Å². The van der Waals surface area contributed by atoms with E-state index in [-0.39, 0.29) is 0 Å². The van der Waals surface area contributed by atoms with Crippen LogP contribution in [-0.4, -0.2) is 7.11 Å². The highest BCUT2D eigenvalue weighted by Gasteiger charge is 2.15. The van der Waals surface area contributed by atoms with Gasteiger partial charge in [0.15, 0.2) is 0 Å². The summed E-state index contributed by atoms with van der Waals surface area (Å²) in [5.41, 5.74) is 8.23. The number of hydrogen-bond acceptors (Lipinski definition) is 1. The Bertz CT molecular complexity index is 572. The van der Waals surface area contributed by atoms with E-state index in [4.69, 9.17) is 4.74 Å². The van der Waals surface area contributed by atoms with Crippen molar-refractivity contribution in [2.45, 2.75) is 67.2 Å². The summed E-state index contributed by atoms with van der Waals surface area (Å²) in [5, 5.41) is 0. The van der Waals surface area contributed by atoms with Gasteiger partial charge in [-0.2, -0.15) is 0 Å². The zero-order valence-corrected chi connectivity index (χ0v) is 15.6. The van der Waals surface area contributed by atoms with Crippen molar-refractivity contribution in [3.05, 3.63) is 46.0 Å². The van der Waals surface area contributed by atoms with E-state index in [2.05, 4.69) is 66.7 Å². The third kappa shape index (κ3) is 4.50. The monoisotopic (exact) mass is 300 g/mol. The molecule has 0 saturated carbocycles. The van der Waals surface area contributed by atoms with E-state index in [0.29, 0.717) is 5.92 Å². The van der Waals surface area contributed by atoms with Crippen LogP contribution in [-0.2, 0) is 0 Å². The fourth-order valence-corrected chi connectivity index (χ4v) is 2.69. The molecule has 0 heterocycles. The standard InChI is InChI=1S/C21H32O/c1-9-15(4)18(7)20-12-17(6)21(22-8)13-19(20)16(5)11-10-14(2)3/h10,12-13,16H,9,11H2,1-8H3/b18-15-. The van der Waals surface area contributed by atoms with Gasteiger partial charge in [-0.15, -0.1) is 0 Å². The fourth-order valence-electron chi connectivity index (χ4n) is 2.69. The molecule has 0 aliphatic heterocycles. The van der Waals surface area contributed by atoms with E-state index >= 15 is 0 Å². The molecule has 0 amide bonds. The van der Waals surface area contributed by atoms with Gasteiger partial charge in [-0.25, -0.2) is 0 Å². The predicted molar refractivity (Wildman–Crippen MR) is 98.8 cm³/mol. The van der Waals surface area contributed by atoms with E-state index < -0.39 is 0 Å². The van der Waals surface area contributed by atoms with Crippen molar-refractivity contribution in [2.75, 3.05) is 7.11 Å². The van der Waals surface area contributed by atoms with Crippen LogP contribution in [0.15, 0.2) is 29.4 Å². The van der Waals surface area contributed by atoms with Gasteiger partial charge in [-0.1, -0.05) is 31.1 Å². The minimum Gasteiger partial charge on any atom is -0.496 e. The Morgan fingerprint density at radius 1 is 1.18 bits per heavy atom. The molecule has 0 fully saturated rings. The summed E-state index contributed by atoms with van der Waals surface area (Å²) >= 11 is 0. The highest BCUT2D eigenvalue weighted by Crippen LogP contribution is 2.35. The Morgan fingerprint density at radius 2 is 1.82 bits per heavy atom. The summed E-state index contributed by atoms with van der Waals surface area (Å²) in [4.78, 5) is 0. The number of methoxy groups -OCH3 is 1. The smallest absolute Gasteiger partial charge is 0.122 e.